The maximum Gasteiger partial charge on any atom is 0.329 e. The van der Waals surface area contributed by atoms with E-state index in [0.29, 0.717) is 32.0 Å². The fraction of sp³-hybridized carbons (Fsp3) is 0.654. The van der Waals surface area contributed by atoms with Crippen LogP contribution in [-0.4, -0.2) is 48.2 Å². The molecule has 36 heavy (non-hydrogen) atoms. The molecule has 204 valence electrons. The third-order valence-corrected chi connectivity index (χ3v) is 4.74. The van der Waals surface area contributed by atoms with Crippen LogP contribution in [0.3, 0.4) is 0 Å². The highest BCUT2D eigenvalue weighted by molar-refractivity contribution is 5.97. The summed E-state index contributed by atoms with van der Waals surface area (Å²) in [5.74, 6) is -6.82. The Kier molecular flexibility index (Phi) is 11.3. The third kappa shape index (κ3) is 9.70. The molecule has 0 aliphatic carbocycles. The zero-order valence-corrected chi connectivity index (χ0v) is 22.5. The second-order valence-electron chi connectivity index (χ2n) is 10.6. The first-order valence-corrected chi connectivity index (χ1v) is 12.2. The first-order valence-electron chi connectivity index (χ1n) is 12.2. The smallest absolute Gasteiger partial charge is 0.329 e. The molecular formula is C26H39F3N2O5. The molecule has 1 unspecified atom stereocenters. The van der Waals surface area contributed by atoms with Gasteiger partial charge >= 0.3 is 11.9 Å². The highest BCUT2D eigenvalue weighted by Crippen LogP contribution is 2.29. The molecule has 0 saturated heterocycles. The molecule has 0 aliphatic heterocycles. The summed E-state index contributed by atoms with van der Waals surface area (Å²) in [5, 5.41) is 2.26. The number of hydrogen-bond donors (Lipinski definition) is 1. The van der Waals surface area contributed by atoms with E-state index < -0.39 is 63.8 Å². The van der Waals surface area contributed by atoms with Crippen LogP contribution in [0.2, 0.25) is 0 Å². The van der Waals surface area contributed by atoms with Gasteiger partial charge in [-0.1, -0.05) is 13.8 Å². The van der Waals surface area contributed by atoms with E-state index >= 15 is 0 Å². The highest BCUT2D eigenvalue weighted by atomic mass is 19.2. The summed E-state index contributed by atoms with van der Waals surface area (Å²) >= 11 is 0. The number of anilines is 1. The van der Waals surface area contributed by atoms with Crippen LogP contribution in [0.15, 0.2) is 6.07 Å². The molecule has 1 N–H and O–H groups in total. The van der Waals surface area contributed by atoms with Gasteiger partial charge in [-0.25, -0.2) is 18.0 Å². The predicted octanol–water partition coefficient (Wildman–Crippen LogP) is 5.29. The fourth-order valence-corrected chi connectivity index (χ4v) is 3.43. The minimum Gasteiger partial charge on any atom is -0.460 e. The van der Waals surface area contributed by atoms with E-state index in [1.54, 1.807) is 41.5 Å². The van der Waals surface area contributed by atoms with Crippen LogP contribution in [0.25, 0.3) is 0 Å². The first-order chi connectivity index (χ1) is 16.5. The number of nitrogens with zero attached hydrogens (tertiary/aromatic N) is 1. The second-order valence-corrected chi connectivity index (χ2v) is 10.6. The quantitative estimate of drug-likeness (QED) is 0.318. The summed E-state index contributed by atoms with van der Waals surface area (Å²) in [5.41, 5.74) is -3.11. The zero-order chi connectivity index (χ0) is 27.8. The van der Waals surface area contributed by atoms with Gasteiger partial charge < -0.3 is 19.7 Å². The average molecular weight is 517 g/mol. The predicted molar refractivity (Wildman–Crippen MR) is 131 cm³/mol. The van der Waals surface area contributed by atoms with Gasteiger partial charge in [0.15, 0.2) is 17.5 Å². The van der Waals surface area contributed by atoms with Crippen molar-refractivity contribution in [3.63, 3.8) is 0 Å². The summed E-state index contributed by atoms with van der Waals surface area (Å²) in [6.45, 7) is 14.1. The lowest BCUT2D eigenvalue weighted by Crippen LogP contribution is -2.45. The second kappa shape index (κ2) is 13.0. The number of amides is 1. The van der Waals surface area contributed by atoms with E-state index in [1.807, 2.05) is 13.8 Å². The normalized spacial score (nSPS) is 12.6. The van der Waals surface area contributed by atoms with Gasteiger partial charge in [0.2, 0.25) is 0 Å². The topological polar surface area (TPSA) is 84.9 Å². The molecule has 0 aliphatic rings. The number of halogens is 3. The van der Waals surface area contributed by atoms with Gasteiger partial charge in [0.25, 0.3) is 5.91 Å². The van der Waals surface area contributed by atoms with Gasteiger partial charge in [-0.05, 0) is 66.9 Å². The summed E-state index contributed by atoms with van der Waals surface area (Å²) < 4.78 is 55.3. The minimum atomic E-state index is -1.53. The number of nitrogens with one attached hydrogen (secondary N) is 1. The summed E-state index contributed by atoms with van der Waals surface area (Å²) in [7, 11) is 0. The highest BCUT2D eigenvalue weighted by Gasteiger charge is 2.31. The number of carbonyl (C=O) groups is 3. The fourth-order valence-electron chi connectivity index (χ4n) is 3.43. The van der Waals surface area contributed by atoms with Gasteiger partial charge in [-0.3, -0.25) is 9.59 Å². The molecule has 0 heterocycles. The Morgan fingerprint density at radius 2 is 1.44 bits per heavy atom. The monoisotopic (exact) mass is 516 g/mol. The van der Waals surface area contributed by atoms with Crippen LogP contribution in [0.4, 0.5) is 18.9 Å². The molecule has 0 bridgehead atoms. The van der Waals surface area contributed by atoms with Crippen LogP contribution in [0, 0.1) is 17.5 Å². The third-order valence-electron chi connectivity index (χ3n) is 4.74. The van der Waals surface area contributed by atoms with Gasteiger partial charge in [-0.2, -0.15) is 0 Å². The SMILES string of the molecule is CCCN(CCC)c1c(F)cc(C(=O)NC(CCC(=O)OC(C)(C)C)C(=O)OC(C)(C)C)c(F)c1F. The summed E-state index contributed by atoms with van der Waals surface area (Å²) in [6, 6.07) is -0.771. The van der Waals surface area contributed by atoms with E-state index in [1.165, 1.54) is 4.90 Å². The van der Waals surface area contributed by atoms with E-state index in [0.717, 1.165) is 0 Å². The van der Waals surface area contributed by atoms with E-state index in [2.05, 4.69) is 5.32 Å². The van der Waals surface area contributed by atoms with Crippen molar-refractivity contribution in [1.29, 1.82) is 0 Å². The molecule has 10 heteroatoms. The molecule has 0 spiro atoms. The molecule has 0 aromatic heterocycles. The molecule has 1 rings (SSSR count). The maximum absolute atomic E-state index is 14.9. The lowest BCUT2D eigenvalue weighted by Gasteiger charge is -2.26. The number of hydrogen-bond acceptors (Lipinski definition) is 6. The van der Waals surface area contributed by atoms with Crippen molar-refractivity contribution < 1.29 is 37.0 Å². The lowest BCUT2D eigenvalue weighted by molar-refractivity contribution is -0.158. The van der Waals surface area contributed by atoms with Crippen molar-refractivity contribution in [1.82, 2.24) is 5.32 Å². The van der Waals surface area contributed by atoms with Crippen molar-refractivity contribution in [3.05, 3.63) is 29.1 Å². The van der Waals surface area contributed by atoms with E-state index in [4.69, 9.17) is 9.47 Å². The van der Waals surface area contributed by atoms with Crippen LogP contribution in [0.5, 0.6) is 0 Å². The average Bonchev–Trinajstić information content (AvgIpc) is 2.71. The Bertz CT molecular complexity index is 933. The first kappa shape index (κ1) is 31.3. The minimum absolute atomic E-state index is 0.221. The van der Waals surface area contributed by atoms with Gasteiger partial charge in [0.1, 0.15) is 22.9 Å². The van der Waals surface area contributed by atoms with Gasteiger partial charge in [0.05, 0.1) is 5.56 Å². The van der Waals surface area contributed by atoms with Crippen LogP contribution < -0.4 is 10.2 Å². The van der Waals surface area contributed by atoms with Crippen molar-refractivity contribution in [3.8, 4) is 0 Å². The number of carbonyl (C=O) groups excluding carboxylic acids is 3. The molecular weight excluding hydrogens is 477 g/mol. The lowest BCUT2D eigenvalue weighted by atomic mass is 10.1. The van der Waals surface area contributed by atoms with Crippen LogP contribution in [-0.2, 0) is 19.1 Å². The molecule has 1 aromatic carbocycles. The van der Waals surface area contributed by atoms with Gasteiger partial charge in [0, 0.05) is 19.5 Å². The van der Waals surface area contributed by atoms with Crippen LogP contribution >= 0.6 is 0 Å². The molecule has 0 radical (unpaired) electrons. The van der Waals surface area contributed by atoms with Crippen molar-refractivity contribution in [2.24, 2.45) is 0 Å². The van der Waals surface area contributed by atoms with Crippen LogP contribution in [0.1, 0.15) is 91.4 Å². The standard InChI is InChI=1S/C26H39F3N2O5/c1-9-13-31(14-10-2)22-17(27)15-16(20(28)21(22)29)23(33)30-18(24(34)36-26(6,7)8)11-12-19(32)35-25(3,4)5/h15,18H,9-14H2,1-8H3,(H,30,33). The molecule has 7 nitrogen and oxygen atoms in total. The number of rotatable bonds is 11. The van der Waals surface area contributed by atoms with E-state index in [9.17, 15) is 27.6 Å². The molecule has 1 aromatic rings. The maximum atomic E-state index is 14.9. The molecule has 1 atom stereocenters. The number of benzene rings is 1. The Morgan fingerprint density at radius 3 is 1.92 bits per heavy atom. The molecule has 1 amide bonds. The summed E-state index contributed by atoms with van der Waals surface area (Å²) in [4.78, 5) is 39.0. The number of esters is 2. The summed E-state index contributed by atoms with van der Waals surface area (Å²) in [6.07, 6.45) is 0.686. The van der Waals surface area contributed by atoms with Crippen molar-refractivity contribution in [2.45, 2.75) is 98.3 Å². The van der Waals surface area contributed by atoms with Crippen molar-refractivity contribution >= 4 is 23.5 Å². The number of ether oxygens (including phenoxy) is 2. The van der Waals surface area contributed by atoms with E-state index in [-0.39, 0.29) is 12.8 Å². The van der Waals surface area contributed by atoms with Crippen molar-refractivity contribution in [2.75, 3.05) is 18.0 Å². The Hall–Kier alpha value is -2.78. The largest absolute Gasteiger partial charge is 0.460 e. The molecule has 0 saturated carbocycles. The Morgan fingerprint density at radius 1 is 0.917 bits per heavy atom. The zero-order valence-electron chi connectivity index (χ0n) is 22.5. The Labute approximate surface area is 211 Å². The van der Waals surface area contributed by atoms with Gasteiger partial charge in [-0.15, -0.1) is 0 Å². The molecule has 0 fully saturated rings. The Balaban J connectivity index is 3.24.